The van der Waals surface area contributed by atoms with Crippen molar-refractivity contribution in [3.05, 3.63) is 34.3 Å². The minimum atomic E-state index is -0.0679. The minimum Gasteiger partial charge on any atom is -0.352 e. The Balaban J connectivity index is 1.90. The zero-order chi connectivity index (χ0) is 13.8. The SMILES string of the molecule is Cc1ccc(C(=O)NCC2CCCC(Br)C2)c(Cl)c1. The van der Waals surface area contributed by atoms with E-state index in [1.807, 2.05) is 19.1 Å². The number of carbonyl (C=O) groups is 1. The molecule has 0 aliphatic heterocycles. The van der Waals surface area contributed by atoms with Crippen molar-refractivity contribution in [2.24, 2.45) is 5.92 Å². The van der Waals surface area contributed by atoms with Gasteiger partial charge in [-0.3, -0.25) is 4.79 Å². The van der Waals surface area contributed by atoms with Crippen LogP contribution in [0.1, 0.15) is 41.6 Å². The number of carbonyl (C=O) groups excluding carboxylic acids is 1. The predicted molar refractivity (Wildman–Crippen MR) is 83.2 cm³/mol. The molecule has 2 nitrogen and oxygen atoms in total. The average molecular weight is 345 g/mol. The van der Waals surface area contributed by atoms with Crippen LogP contribution >= 0.6 is 27.5 Å². The quantitative estimate of drug-likeness (QED) is 0.812. The normalized spacial score (nSPS) is 23.1. The molecule has 1 amide bonds. The lowest BCUT2D eigenvalue weighted by atomic mass is 9.89. The van der Waals surface area contributed by atoms with Gasteiger partial charge in [0, 0.05) is 11.4 Å². The van der Waals surface area contributed by atoms with Gasteiger partial charge >= 0.3 is 0 Å². The Hall–Kier alpha value is -0.540. The molecular formula is C15H19BrClNO. The van der Waals surface area contributed by atoms with E-state index >= 15 is 0 Å². The zero-order valence-electron chi connectivity index (χ0n) is 11.1. The molecule has 1 aromatic rings. The lowest BCUT2D eigenvalue weighted by Crippen LogP contribution is -2.32. The van der Waals surface area contributed by atoms with E-state index in [1.165, 1.54) is 19.3 Å². The van der Waals surface area contributed by atoms with Crippen LogP contribution < -0.4 is 5.32 Å². The minimum absolute atomic E-state index is 0.0679. The van der Waals surface area contributed by atoms with Crippen LogP contribution in [0.4, 0.5) is 0 Å². The summed E-state index contributed by atoms with van der Waals surface area (Å²) in [5, 5.41) is 3.53. The molecule has 1 N–H and O–H groups in total. The Morgan fingerprint density at radius 3 is 2.95 bits per heavy atom. The van der Waals surface area contributed by atoms with Gasteiger partial charge in [0.25, 0.3) is 5.91 Å². The van der Waals surface area contributed by atoms with E-state index in [-0.39, 0.29) is 5.91 Å². The molecule has 0 bridgehead atoms. The van der Waals surface area contributed by atoms with E-state index < -0.39 is 0 Å². The molecule has 0 heterocycles. The van der Waals surface area contributed by atoms with Gasteiger partial charge in [-0.2, -0.15) is 0 Å². The molecule has 2 atom stereocenters. The summed E-state index contributed by atoms with van der Waals surface area (Å²) in [5.74, 6) is 0.507. The van der Waals surface area contributed by atoms with Crippen molar-refractivity contribution in [2.75, 3.05) is 6.54 Å². The number of benzene rings is 1. The maximum absolute atomic E-state index is 12.1. The van der Waals surface area contributed by atoms with Crippen LogP contribution in [0.2, 0.25) is 5.02 Å². The topological polar surface area (TPSA) is 29.1 Å². The second-order valence-electron chi connectivity index (χ2n) is 5.32. The lowest BCUT2D eigenvalue weighted by Gasteiger charge is -2.25. The fourth-order valence-electron chi connectivity index (χ4n) is 2.55. The highest BCUT2D eigenvalue weighted by Crippen LogP contribution is 2.28. The average Bonchev–Trinajstić information content (AvgIpc) is 2.36. The van der Waals surface area contributed by atoms with Gasteiger partial charge in [-0.05, 0) is 49.8 Å². The van der Waals surface area contributed by atoms with Crippen LogP contribution in [0.15, 0.2) is 18.2 Å². The van der Waals surface area contributed by atoms with Crippen molar-refractivity contribution in [2.45, 2.75) is 37.4 Å². The molecule has 0 aromatic heterocycles. The van der Waals surface area contributed by atoms with Crippen LogP contribution in [0.25, 0.3) is 0 Å². The predicted octanol–water partition coefficient (Wildman–Crippen LogP) is 4.33. The zero-order valence-corrected chi connectivity index (χ0v) is 13.4. The lowest BCUT2D eigenvalue weighted by molar-refractivity contribution is 0.0944. The Bertz CT molecular complexity index is 463. The molecule has 0 saturated heterocycles. The second-order valence-corrected chi connectivity index (χ2v) is 7.03. The molecule has 4 heteroatoms. The summed E-state index contributed by atoms with van der Waals surface area (Å²) in [5.41, 5.74) is 1.63. The van der Waals surface area contributed by atoms with Crippen LogP contribution in [0.5, 0.6) is 0 Å². The summed E-state index contributed by atoms with van der Waals surface area (Å²) in [6.07, 6.45) is 4.82. The first kappa shape index (κ1) is 14.9. The van der Waals surface area contributed by atoms with E-state index in [9.17, 15) is 4.79 Å². The molecule has 2 rings (SSSR count). The molecule has 0 spiro atoms. The Labute approximate surface area is 128 Å². The number of hydrogen-bond donors (Lipinski definition) is 1. The first-order chi connectivity index (χ1) is 9.06. The van der Waals surface area contributed by atoms with Crippen molar-refractivity contribution in [1.29, 1.82) is 0 Å². The number of nitrogens with one attached hydrogen (secondary N) is 1. The molecule has 1 saturated carbocycles. The summed E-state index contributed by atoms with van der Waals surface area (Å²) < 4.78 is 0. The largest absolute Gasteiger partial charge is 0.352 e. The smallest absolute Gasteiger partial charge is 0.252 e. The highest BCUT2D eigenvalue weighted by atomic mass is 79.9. The summed E-state index contributed by atoms with van der Waals surface area (Å²) in [4.78, 5) is 12.7. The van der Waals surface area contributed by atoms with E-state index in [1.54, 1.807) is 6.07 Å². The van der Waals surface area contributed by atoms with Crippen molar-refractivity contribution in [1.82, 2.24) is 5.32 Å². The van der Waals surface area contributed by atoms with Gasteiger partial charge in [-0.1, -0.05) is 40.0 Å². The van der Waals surface area contributed by atoms with Gasteiger partial charge < -0.3 is 5.32 Å². The van der Waals surface area contributed by atoms with Crippen molar-refractivity contribution < 1.29 is 4.79 Å². The third kappa shape index (κ3) is 4.22. The Morgan fingerprint density at radius 2 is 2.26 bits per heavy atom. The molecule has 1 aromatic carbocycles. The van der Waals surface area contributed by atoms with Gasteiger partial charge in [0.05, 0.1) is 10.6 Å². The van der Waals surface area contributed by atoms with Crippen molar-refractivity contribution in [3.8, 4) is 0 Å². The van der Waals surface area contributed by atoms with Crippen LogP contribution in [0.3, 0.4) is 0 Å². The number of hydrogen-bond acceptors (Lipinski definition) is 1. The van der Waals surface area contributed by atoms with E-state index in [2.05, 4.69) is 21.2 Å². The highest BCUT2D eigenvalue weighted by molar-refractivity contribution is 9.09. The van der Waals surface area contributed by atoms with Gasteiger partial charge in [0.2, 0.25) is 0 Å². The number of amides is 1. The fraction of sp³-hybridized carbons (Fsp3) is 0.533. The number of aryl methyl sites for hydroxylation is 1. The van der Waals surface area contributed by atoms with Crippen LogP contribution in [-0.2, 0) is 0 Å². The standard InChI is InChI=1S/C15H19BrClNO/c1-10-5-6-13(14(17)7-10)15(19)18-9-11-3-2-4-12(16)8-11/h5-7,11-12H,2-4,8-9H2,1H3,(H,18,19). The van der Waals surface area contributed by atoms with E-state index in [0.717, 1.165) is 18.5 Å². The number of rotatable bonds is 3. The maximum Gasteiger partial charge on any atom is 0.252 e. The van der Waals surface area contributed by atoms with E-state index in [4.69, 9.17) is 11.6 Å². The molecule has 1 aliphatic rings. The number of halogens is 2. The fourth-order valence-corrected chi connectivity index (χ4v) is 3.72. The Kier molecular flexibility index (Phi) is 5.28. The van der Waals surface area contributed by atoms with Gasteiger partial charge in [0.1, 0.15) is 0 Å². The molecule has 2 unspecified atom stereocenters. The molecule has 104 valence electrons. The molecule has 0 radical (unpaired) electrons. The van der Waals surface area contributed by atoms with Crippen LogP contribution in [-0.4, -0.2) is 17.3 Å². The number of alkyl halides is 1. The summed E-state index contributed by atoms with van der Waals surface area (Å²) in [6.45, 7) is 2.71. The summed E-state index contributed by atoms with van der Waals surface area (Å²) in [7, 11) is 0. The first-order valence-electron chi connectivity index (χ1n) is 6.74. The summed E-state index contributed by atoms with van der Waals surface area (Å²) in [6, 6.07) is 5.53. The monoisotopic (exact) mass is 343 g/mol. The van der Waals surface area contributed by atoms with Gasteiger partial charge in [0.15, 0.2) is 0 Å². The van der Waals surface area contributed by atoms with Gasteiger partial charge in [-0.15, -0.1) is 0 Å². The molecular weight excluding hydrogens is 326 g/mol. The maximum atomic E-state index is 12.1. The third-order valence-corrected chi connectivity index (χ3v) is 4.78. The third-order valence-electron chi connectivity index (χ3n) is 3.64. The Morgan fingerprint density at radius 1 is 1.47 bits per heavy atom. The van der Waals surface area contributed by atoms with Gasteiger partial charge in [-0.25, -0.2) is 0 Å². The molecule has 1 fully saturated rings. The first-order valence-corrected chi connectivity index (χ1v) is 8.04. The highest BCUT2D eigenvalue weighted by Gasteiger charge is 2.20. The van der Waals surface area contributed by atoms with Crippen LogP contribution in [0, 0.1) is 12.8 Å². The molecule has 1 aliphatic carbocycles. The van der Waals surface area contributed by atoms with E-state index in [0.29, 0.717) is 21.3 Å². The van der Waals surface area contributed by atoms with Crippen molar-refractivity contribution in [3.63, 3.8) is 0 Å². The second kappa shape index (κ2) is 6.76. The van der Waals surface area contributed by atoms with Crippen molar-refractivity contribution >= 4 is 33.4 Å². The summed E-state index contributed by atoms with van der Waals surface area (Å²) >= 11 is 9.77. The molecule has 19 heavy (non-hydrogen) atoms.